The highest BCUT2D eigenvalue weighted by Crippen LogP contribution is 2.18. The van der Waals surface area contributed by atoms with Gasteiger partial charge in [0.25, 0.3) is 0 Å². The average molecular weight is 266 g/mol. The summed E-state index contributed by atoms with van der Waals surface area (Å²) in [6.07, 6.45) is 4.58. The minimum Gasteiger partial charge on any atom is -0.468 e. The molecular weight excluding hydrogens is 240 g/mol. The molecule has 1 aliphatic rings. The molecule has 1 saturated heterocycles. The Morgan fingerprint density at radius 1 is 1.53 bits per heavy atom. The number of likely N-dealkylation sites (tertiary alicyclic amines) is 1. The summed E-state index contributed by atoms with van der Waals surface area (Å²) in [5, 5.41) is 3.41. The van der Waals surface area contributed by atoms with Gasteiger partial charge in [0.15, 0.2) is 0 Å². The zero-order valence-electron chi connectivity index (χ0n) is 12.3. The summed E-state index contributed by atoms with van der Waals surface area (Å²) in [5.74, 6) is 1.06. The van der Waals surface area contributed by atoms with Gasteiger partial charge >= 0.3 is 0 Å². The molecule has 0 saturated carbocycles. The minimum atomic E-state index is 0.387. The van der Waals surface area contributed by atoms with Crippen molar-refractivity contribution in [3.05, 3.63) is 23.7 Å². The number of furan rings is 1. The van der Waals surface area contributed by atoms with Crippen molar-refractivity contribution in [1.82, 2.24) is 10.2 Å². The minimum absolute atomic E-state index is 0.387. The molecule has 1 aromatic rings. The van der Waals surface area contributed by atoms with Gasteiger partial charge in [-0.3, -0.25) is 4.90 Å². The van der Waals surface area contributed by atoms with Crippen LogP contribution >= 0.6 is 0 Å². The molecule has 2 rings (SSSR count). The molecule has 4 heteroatoms. The van der Waals surface area contributed by atoms with Gasteiger partial charge in [-0.2, -0.15) is 0 Å². The van der Waals surface area contributed by atoms with Crippen molar-refractivity contribution in [2.24, 2.45) is 0 Å². The van der Waals surface area contributed by atoms with Crippen molar-refractivity contribution in [1.29, 1.82) is 0 Å². The van der Waals surface area contributed by atoms with E-state index in [1.807, 2.05) is 7.11 Å². The molecule has 108 valence electrons. The second kappa shape index (κ2) is 7.08. The number of methoxy groups -OCH3 is 1. The smallest absolute Gasteiger partial charge is 0.122 e. The Morgan fingerprint density at radius 3 is 3.11 bits per heavy atom. The SMILES string of the molecule is COC1CCCN(Cc2ccoc2CNC(C)C)C1. The molecule has 1 aliphatic heterocycles. The molecule has 0 aromatic carbocycles. The lowest BCUT2D eigenvalue weighted by Crippen LogP contribution is -2.38. The number of ether oxygens (including phenoxy) is 1. The van der Waals surface area contributed by atoms with Gasteiger partial charge in [-0.25, -0.2) is 0 Å². The lowest BCUT2D eigenvalue weighted by Gasteiger charge is -2.31. The molecule has 2 heterocycles. The highest BCUT2D eigenvalue weighted by Gasteiger charge is 2.20. The van der Waals surface area contributed by atoms with Crippen molar-refractivity contribution in [3.63, 3.8) is 0 Å². The summed E-state index contributed by atoms with van der Waals surface area (Å²) in [5.41, 5.74) is 1.30. The standard InChI is InChI=1S/C15H26N2O2/c1-12(2)16-9-15-13(6-8-19-15)10-17-7-4-5-14(11-17)18-3/h6,8,12,14,16H,4-5,7,9-11H2,1-3H3. The van der Waals surface area contributed by atoms with Crippen LogP contribution in [0.3, 0.4) is 0 Å². The van der Waals surface area contributed by atoms with E-state index < -0.39 is 0 Å². The second-order valence-corrected chi connectivity index (χ2v) is 5.64. The van der Waals surface area contributed by atoms with Crippen LogP contribution in [0.15, 0.2) is 16.7 Å². The van der Waals surface area contributed by atoms with Crippen LogP contribution in [0, 0.1) is 0 Å². The zero-order valence-corrected chi connectivity index (χ0v) is 12.3. The zero-order chi connectivity index (χ0) is 13.7. The van der Waals surface area contributed by atoms with Crippen LogP contribution in [0.2, 0.25) is 0 Å². The van der Waals surface area contributed by atoms with Crippen LogP contribution in [-0.4, -0.2) is 37.2 Å². The van der Waals surface area contributed by atoms with Gasteiger partial charge in [0.2, 0.25) is 0 Å². The average Bonchev–Trinajstić information content (AvgIpc) is 2.84. The third-order valence-corrected chi connectivity index (χ3v) is 3.70. The van der Waals surface area contributed by atoms with Gasteiger partial charge in [0.1, 0.15) is 5.76 Å². The molecule has 1 fully saturated rings. The van der Waals surface area contributed by atoms with E-state index in [9.17, 15) is 0 Å². The first-order chi connectivity index (χ1) is 9.19. The number of hydrogen-bond acceptors (Lipinski definition) is 4. The number of nitrogens with one attached hydrogen (secondary N) is 1. The fourth-order valence-electron chi connectivity index (χ4n) is 2.55. The van der Waals surface area contributed by atoms with E-state index in [1.54, 1.807) is 6.26 Å². The molecule has 4 nitrogen and oxygen atoms in total. The fraction of sp³-hybridized carbons (Fsp3) is 0.733. The second-order valence-electron chi connectivity index (χ2n) is 5.64. The fourth-order valence-corrected chi connectivity index (χ4v) is 2.55. The lowest BCUT2D eigenvalue weighted by atomic mass is 10.1. The Bertz CT molecular complexity index is 376. The van der Waals surface area contributed by atoms with Crippen LogP contribution < -0.4 is 5.32 Å². The van der Waals surface area contributed by atoms with E-state index in [-0.39, 0.29) is 0 Å². The van der Waals surface area contributed by atoms with E-state index in [0.717, 1.165) is 31.9 Å². The summed E-state index contributed by atoms with van der Waals surface area (Å²) in [7, 11) is 1.81. The third-order valence-electron chi connectivity index (χ3n) is 3.70. The predicted octanol–water partition coefficient (Wildman–Crippen LogP) is 2.39. The van der Waals surface area contributed by atoms with Gasteiger partial charge in [-0.15, -0.1) is 0 Å². The van der Waals surface area contributed by atoms with E-state index in [1.165, 1.54) is 18.4 Å². The molecule has 0 radical (unpaired) electrons. The molecule has 1 atom stereocenters. The van der Waals surface area contributed by atoms with Gasteiger partial charge < -0.3 is 14.5 Å². The maximum absolute atomic E-state index is 5.59. The molecule has 1 unspecified atom stereocenters. The van der Waals surface area contributed by atoms with Crippen LogP contribution in [0.5, 0.6) is 0 Å². The Kier molecular flexibility index (Phi) is 5.43. The highest BCUT2D eigenvalue weighted by atomic mass is 16.5. The quantitative estimate of drug-likeness (QED) is 0.858. The maximum atomic E-state index is 5.59. The van der Waals surface area contributed by atoms with E-state index in [2.05, 4.69) is 30.1 Å². The Morgan fingerprint density at radius 2 is 2.37 bits per heavy atom. The lowest BCUT2D eigenvalue weighted by molar-refractivity contribution is 0.0283. The topological polar surface area (TPSA) is 37.6 Å². The first-order valence-corrected chi connectivity index (χ1v) is 7.23. The van der Waals surface area contributed by atoms with Crippen LogP contribution in [0.25, 0.3) is 0 Å². The van der Waals surface area contributed by atoms with E-state index in [4.69, 9.17) is 9.15 Å². The number of rotatable bonds is 6. The summed E-state index contributed by atoms with van der Waals surface area (Å²) < 4.78 is 11.1. The van der Waals surface area contributed by atoms with Gasteiger partial charge in [0.05, 0.1) is 18.9 Å². The van der Waals surface area contributed by atoms with Crippen molar-refractivity contribution in [3.8, 4) is 0 Å². The molecular formula is C15H26N2O2. The van der Waals surface area contributed by atoms with Crippen LogP contribution in [0.4, 0.5) is 0 Å². The molecule has 0 amide bonds. The number of hydrogen-bond donors (Lipinski definition) is 1. The molecule has 0 bridgehead atoms. The van der Waals surface area contributed by atoms with Crippen molar-refractivity contribution < 1.29 is 9.15 Å². The summed E-state index contributed by atoms with van der Waals surface area (Å²) >= 11 is 0. The summed E-state index contributed by atoms with van der Waals surface area (Å²) in [6.45, 7) is 8.25. The van der Waals surface area contributed by atoms with Crippen LogP contribution in [0.1, 0.15) is 38.0 Å². The monoisotopic (exact) mass is 266 g/mol. The number of piperidine rings is 1. The Labute approximate surface area is 116 Å². The van der Waals surface area contributed by atoms with Crippen molar-refractivity contribution in [2.45, 2.75) is 51.9 Å². The molecule has 19 heavy (non-hydrogen) atoms. The first-order valence-electron chi connectivity index (χ1n) is 7.23. The van der Waals surface area contributed by atoms with Crippen molar-refractivity contribution in [2.75, 3.05) is 20.2 Å². The van der Waals surface area contributed by atoms with Gasteiger partial charge in [0, 0.05) is 31.8 Å². The summed E-state index contributed by atoms with van der Waals surface area (Å²) in [4.78, 5) is 2.46. The van der Waals surface area contributed by atoms with Crippen molar-refractivity contribution >= 4 is 0 Å². The Hall–Kier alpha value is -0.840. The molecule has 0 spiro atoms. The van der Waals surface area contributed by atoms with E-state index >= 15 is 0 Å². The third kappa shape index (κ3) is 4.34. The van der Waals surface area contributed by atoms with Gasteiger partial charge in [-0.1, -0.05) is 13.8 Å². The Balaban J connectivity index is 1.89. The number of nitrogens with zero attached hydrogens (tertiary/aromatic N) is 1. The molecule has 1 N–H and O–H groups in total. The first kappa shape index (κ1) is 14.6. The normalized spacial score (nSPS) is 21.2. The maximum Gasteiger partial charge on any atom is 0.122 e. The van der Waals surface area contributed by atoms with Gasteiger partial charge in [-0.05, 0) is 25.5 Å². The summed E-state index contributed by atoms with van der Waals surface area (Å²) in [6, 6.07) is 2.57. The molecule has 1 aromatic heterocycles. The van der Waals surface area contributed by atoms with Crippen LogP contribution in [-0.2, 0) is 17.8 Å². The molecule has 0 aliphatic carbocycles. The highest BCUT2D eigenvalue weighted by molar-refractivity contribution is 5.17. The predicted molar refractivity (Wildman–Crippen MR) is 76.0 cm³/mol. The van der Waals surface area contributed by atoms with E-state index in [0.29, 0.717) is 12.1 Å². The largest absolute Gasteiger partial charge is 0.468 e.